The smallest absolute Gasteiger partial charge is 0.235 e. The fourth-order valence-electron chi connectivity index (χ4n) is 4.44. The van der Waals surface area contributed by atoms with Crippen molar-refractivity contribution in [2.75, 3.05) is 20.2 Å². The number of benzene rings is 1. The number of likely N-dealkylation sites (tertiary alicyclic amines) is 1. The number of methoxy groups -OCH3 is 1. The minimum atomic E-state index is 0.229. The Balaban J connectivity index is 1.48. The molecule has 2 aliphatic heterocycles. The Kier molecular flexibility index (Phi) is 5.53. The van der Waals surface area contributed by atoms with Gasteiger partial charge in [0.25, 0.3) is 0 Å². The van der Waals surface area contributed by atoms with Gasteiger partial charge in [-0.05, 0) is 37.9 Å². The second-order valence-corrected chi connectivity index (χ2v) is 7.52. The lowest BCUT2D eigenvalue weighted by atomic mass is 9.97. The summed E-state index contributed by atoms with van der Waals surface area (Å²) in [5.41, 5.74) is 2.41. The topological polar surface area (TPSA) is 67.4 Å². The van der Waals surface area contributed by atoms with Gasteiger partial charge in [0.2, 0.25) is 11.8 Å². The highest BCUT2D eigenvalue weighted by molar-refractivity contribution is 5.78. The third kappa shape index (κ3) is 3.90. The van der Waals surface area contributed by atoms with Crippen LogP contribution in [0.15, 0.2) is 24.3 Å². The lowest BCUT2D eigenvalue weighted by Crippen LogP contribution is -2.48. The van der Waals surface area contributed by atoms with Gasteiger partial charge >= 0.3 is 0 Å². The van der Waals surface area contributed by atoms with Crippen molar-refractivity contribution in [3.8, 4) is 5.88 Å². The van der Waals surface area contributed by atoms with E-state index >= 15 is 0 Å². The van der Waals surface area contributed by atoms with Crippen LogP contribution in [0.5, 0.6) is 5.88 Å². The summed E-state index contributed by atoms with van der Waals surface area (Å²) in [6.45, 7) is 1.89. The van der Waals surface area contributed by atoms with Gasteiger partial charge in [0.1, 0.15) is 5.69 Å². The summed E-state index contributed by atoms with van der Waals surface area (Å²) in [7, 11) is 1.61. The molecular formula is C21H28N4O2. The molecule has 0 bridgehead atoms. The van der Waals surface area contributed by atoms with E-state index in [1.807, 2.05) is 24.3 Å². The fourth-order valence-corrected chi connectivity index (χ4v) is 4.44. The van der Waals surface area contributed by atoms with Crippen molar-refractivity contribution in [1.82, 2.24) is 20.2 Å². The molecule has 2 atom stereocenters. The first-order valence-corrected chi connectivity index (χ1v) is 10.1. The SMILES string of the molecule is COc1nc2ccccc2nc1CCC(=O)N1CCCCC[C@H]2NCC[C@@H]21. The van der Waals surface area contributed by atoms with Crippen molar-refractivity contribution in [3.63, 3.8) is 0 Å². The molecule has 2 aromatic rings. The number of carbonyl (C=O) groups excluding carboxylic acids is 1. The zero-order chi connectivity index (χ0) is 18.6. The van der Waals surface area contributed by atoms with Crippen LogP contribution in [0.4, 0.5) is 0 Å². The Morgan fingerprint density at radius 1 is 1.19 bits per heavy atom. The Morgan fingerprint density at radius 3 is 2.81 bits per heavy atom. The number of hydrogen-bond acceptors (Lipinski definition) is 5. The van der Waals surface area contributed by atoms with Crippen molar-refractivity contribution < 1.29 is 9.53 Å². The highest BCUT2D eigenvalue weighted by Crippen LogP contribution is 2.25. The first-order chi connectivity index (χ1) is 13.3. The average molecular weight is 368 g/mol. The summed E-state index contributed by atoms with van der Waals surface area (Å²) in [6, 6.07) is 8.57. The molecule has 2 fully saturated rings. The van der Waals surface area contributed by atoms with Crippen molar-refractivity contribution in [1.29, 1.82) is 0 Å². The molecule has 6 nitrogen and oxygen atoms in total. The van der Waals surface area contributed by atoms with E-state index in [0.29, 0.717) is 30.8 Å². The van der Waals surface area contributed by atoms with Crippen molar-refractivity contribution >= 4 is 16.9 Å². The van der Waals surface area contributed by atoms with Crippen LogP contribution in [0.1, 0.15) is 44.2 Å². The molecule has 144 valence electrons. The van der Waals surface area contributed by atoms with Gasteiger partial charge in [-0.15, -0.1) is 0 Å². The molecular weight excluding hydrogens is 340 g/mol. The van der Waals surface area contributed by atoms with Gasteiger partial charge in [0, 0.05) is 31.5 Å². The number of aromatic nitrogens is 2. The van der Waals surface area contributed by atoms with E-state index in [4.69, 9.17) is 9.72 Å². The van der Waals surface area contributed by atoms with Crippen LogP contribution in [-0.4, -0.2) is 53.1 Å². The van der Waals surface area contributed by atoms with Gasteiger partial charge in [-0.3, -0.25) is 4.79 Å². The molecule has 1 aromatic carbocycles. The highest BCUT2D eigenvalue weighted by Gasteiger charge is 2.34. The van der Waals surface area contributed by atoms with E-state index in [9.17, 15) is 4.79 Å². The second kappa shape index (κ2) is 8.21. The summed E-state index contributed by atoms with van der Waals surface area (Å²) in [4.78, 5) is 24.4. The zero-order valence-corrected chi connectivity index (χ0v) is 16.0. The molecule has 0 spiro atoms. The molecule has 1 aromatic heterocycles. The van der Waals surface area contributed by atoms with Gasteiger partial charge in [-0.2, -0.15) is 0 Å². The lowest BCUT2D eigenvalue weighted by Gasteiger charge is -2.35. The molecule has 27 heavy (non-hydrogen) atoms. The van der Waals surface area contributed by atoms with Gasteiger partial charge in [0.15, 0.2) is 0 Å². The Bertz CT molecular complexity index is 810. The van der Waals surface area contributed by atoms with Crippen molar-refractivity contribution in [2.45, 2.75) is 57.0 Å². The minimum absolute atomic E-state index is 0.229. The predicted molar refractivity (Wildman–Crippen MR) is 105 cm³/mol. The van der Waals surface area contributed by atoms with Crippen LogP contribution in [0.2, 0.25) is 0 Å². The van der Waals surface area contributed by atoms with Crippen molar-refractivity contribution in [2.24, 2.45) is 0 Å². The van der Waals surface area contributed by atoms with Crippen LogP contribution < -0.4 is 10.1 Å². The van der Waals surface area contributed by atoms with E-state index in [1.165, 1.54) is 19.3 Å². The molecule has 4 rings (SSSR count). The van der Waals surface area contributed by atoms with E-state index in [2.05, 4.69) is 15.2 Å². The predicted octanol–water partition coefficient (Wildman–Crippen LogP) is 2.70. The number of carbonyl (C=O) groups is 1. The monoisotopic (exact) mass is 368 g/mol. The van der Waals surface area contributed by atoms with Gasteiger partial charge in [-0.25, -0.2) is 9.97 Å². The number of hydrogen-bond donors (Lipinski definition) is 1. The maximum Gasteiger partial charge on any atom is 0.235 e. The number of amides is 1. The molecule has 1 amide bonds. The molecule has 3 heterocycles. The third-order valence-electron chi connectivity index (χ3n) is 5.82. The van der Waals surface area contributed by atoms with Crippen LogP contribution >= 0.6 is 0 Å². The average Bonchev–Trinajstić information content (AvgIpc) is 3.12. The maximum absolute atomic E-state index is 13.1. The van der Waals surface area contributed by atoms with Crippen molar-refractivity contribution in [3.05, 3.63) is 30.0 Å². The lowest BCUT2D eigenvalue weighted by molar-refractivity contribution is -0.134. The number of ether oxygens (including phenoxy) is 1. The quantitative estimate of drug-likeness (QED) is 0.899. The first kappa shape index (κ1) is 18.2. The molecule has 0 aliphatic carbocycles. The van der Waals surface area contributed by atoms with E-state index in [-0.39, 0.29) is 5.91 Å². The summed E-state index contributed by atoms with van der Waals surface area (Å²) in [5.74, 6) is 0.752. The van der Waals surface area contributed by atoms with Crippen LogP contribution in [0.3, 0.4) is 0 Å². The van der Waals surface area contributed by atoms with E-state index in [1.54, 1.807) is 7.11 Å². The molecule has 0 unspecified atom stereocenters. The molecule has 0 radical (unpaired) electrons. The molecule has 2 saturated heterocycles. The first-order valence-electron chi connectivity index (χ1n) is 10.1. The Labute approximate surface area is 160 Å². The van der Waals surface area contributed by atoms with E-state index < -0.39 is 0 Å². The van der Waals surface area contributed by atoms with E-state index in [0.717, 1.165) is 42.7 Å². The van der Waals surface area contributed by atoms with Crippen LogP contribution in [-0.2, 0) is 11.2 Å². The van der Waals surface area contributed by atoms with Gasteiger partial charge in [0.05, 0.1) is 18.1 Å². The molecule has 0 saturated carbocycles. The summed E-state index contributed by atoms with van der Waals surface area (Å²) >= 11 is 0. The number of nitrogens with one attached hydrogen (secondary N) is 1. The Morgan fingerprint density at radius 2 is 2.00 bits per heavy atom. The Hall–Kier alpha value is -2.21. The zero-order valence-electron chi connectivity index (χ0n) is 16.0. The summed E-state index contributed by atoms with van der Waals surface area (Å²) < 4.78 is 5.43. The summed E-state index contributed by atoms with van der Waals surface area (Å²) in [6.07, 6.45) is 6.83. The maximum atomic E-state index is 13.1. The number of rotatable bonds is 4. The highest BCUT2D eigenvalue weighted by atomic mass is 16.5. The normalized spacial score (nSPS) is 22.9. The van der Waals surface area contributed by atoms with Gasteiger partial charge < -0.3 is 15.0 Å². The molecule has 6 heteroatoms. The molecule has 1 N–H and O–H groups in total. The summed E-state index contributed by atoms with van der Waals surface area (Å²) in [5, 5.41) is 3.59. The minimum Gasteiger partial charge on any atom is -0.480 e. The fraction of sp³-hybridized carbons (Fsp3) is 0.571. The largest absolute Gasteiger partial charge is 0.480 e. The second-order valence-electron chi connectivity index (χ2n) is 7.52. The van der Waals surface area contributed by atoms with Gasteiger partial charge in [-0.1, -0.05) is 25.0 Å². The standard InChI is InChI=1S/C21H28N4O2/c1-27-21-18(23-15-7-4-5-8-16(15)24-21)10-11-20(26)25-14-6-2-3-9-17-19(25)12-13-22-17/h4-5,7-8,17,19,22H,2-3,6,9-14H2,1H3/t17-,19+/m1/s1. The third-order valence-corrected chi connectivity index (χ3v) is 5.82. The number of para-hydroxylation sites is 2. The number of fused-ring (bicyclic) bond motifs is 2. The number of nitrogens with zero attached hydrogens (tertiary/aromatic N) is 3. The molecule has 2 aliphatic rings. The van der Waals surface area contributed by atoms with Crippen LogP contribution in [0, 0.1) is 0 Å². The van der Waals surface area contributed by atoms with Crippen LogP contribution in [0.25, 0.3) is 11.0 Å². The number of aryl methyl sites for hydroxylation is 1.